The van der Waals surface area contributed by atoms with E-state index >= 15 is 0 Å². The van der Waals surface area contributed by atoms with E-state index in [0.717, 1.165) is 64.2 Å². The summed E-state index contributed by atoms with van der Waals surface area (Å²) in [5, 5.41) is 12.7. The van der Waals surface area contributed by atoms with Crippen molar-refractivity contribution in [1.29, 1.82) is 0 Å². The lowest BCUT2D eigenvalue weighted by Gasteiger charge is -2.15. The second-order valence-corrected chi connectivity index (χ2v) is 16.1. The predicted octanol–water partition coefficient (Wildman–Crippen LogP) is 12.2. The van der Waals surface area contributed by atoms with Gasteiger partial charge in [-0.3, -0.25) is 18.6 Å². The Morgan fingerprint density at radius 2 is 1.00 bits per heavy atom. The van der Waals surface area contributed by atoms with E-state index < -0.39 is 26.5 Å². The highest BCUT2D eigenvalue weighted by Crippen LogP contribution is 2.42. The number of ether oxygens (including phenoxy) is 1. The average Bonchev–Trinajstić information content (AvgIpc) is 3.16. The van der Waals surface area contributed by atoms with E-state index in [1.807, 2.05) is 0 Å². The molecule has 0 aromatic carbocycles. The van der Waals surface area contributed by atoms with Crippen LogP contribution in [0.3, 0.4) is 0 Å². The molecule has 10 heteroatoms. The number of hydrogen-bond donors (Lipinski definition) is 3. The molecule has 0 radical (unpaired) electrons. The van der Waals surface area contributed by atoms with E-state index in [9.17, 15) is 24.2 Å². The third-order valence-corrected chi connectivity index (χ3v) is 10.3. The molecule has 0 aromatic rings. The number of phosphoric ester groups is 1. The van der Waals surface area contributed by atoms with Crippen LogP contribution in [0.4, 0.5) is 0 Å². The number of nitrogens with one attached hydrogen (secondary N) is 1. The Hall–Kier alpha value is -1.77. The predicted molar refractivity (Wildman–Crippen MR) is 224 cm³/mol. The SMILES string of the molecule is CCCCC/C=C\C/C=C\CCCCCCCCCCCC(=O)NCCOP(=O)(O)OCC(O)COC(=O)CCCCCCC/C=C\CCCCCCC. The van der Waals surface area contributed by atoms with Gasteiger partial charge in [0.15, 0.2) is 0 Å². The molecule has 0 heterocycles. The highest BCUT2D eigenvalue weighted by molar-refractivity contribution is 7.47. The smallest absolute Gasteiger partial charge is 0.463 e. The Labute approximate surface area is 331 Å². The molecule has 54 heavy (non-hydrogen) atoms. The Morgan fingerprint density at radius 3 is 1.54 bits per heavy atom. The summed E-state index contributed by atoms with van der Waals surface area (Å²) in [6.45, 7) is 3.51. The number of carbonyl (C=O) groups excluding carboxylic acids is 2. The highest BCUT2D eigenvalue weighted by Gasteiger charge is 2.23. The van der Waals surface area contributed by atoms with Crippen molar-refractivity contribution in [1.82, 2.24) is 5.32 Å². The fourth-order valence-corrected chi connectivity index (χ4v) is 6.69. The van der Waals surface area contributed by atoms with Gasteiger partial charge in [-0.2, -0.15) is 0 Å². The topological polar surface area (TPSA) is 131 Å². The van der Waals surface area contributed by atoms with E-state index in [4.69, 9.17) is 13.8 Å². The summed E-state index contributed by atoms with van der Waals surface area (Å²) in [6, 6.07) is 0. The van der Waals surface area contributed by atoms with Crippen LogP contribution in [0, 0.1) is 0 Å². The van der Waals surface area contributed by atoms with Crippen LogP contribution in [-0.4, -0.2) is 54.3 Å². The van der Waals surface area contributed by atoms with Gasteiger partial charge in [-0.05, 0) is 70.6 Å². The number of hydrogen-bond acceptors (Lipinski definition) is 7. The quantitative estimate of drug-likeness (QED) is 0.0242. The molecule has 9 nitrogen and oxygen atoms in total. The van der Waals surface area contributed by atoms with Crippen molar-refractivity contribution in [2.75, 3.05) is 26.4 Å². The standard InChI is InChI=1S/C44H82NO8P/c1-3-5-7-9-11-13-15-17-19-20-21-22-23-24-26-28-30-32-34-36-43(47)45-38-39-52-54(49,50)53-41-42(46)40-51-44(48)37-35-33-31-29-27-25-18-16-14-12-10-8-6-4-2/h11,13,16-19,42,46H,3-10,12,14-15,20-41H2,1-2H3,(H,45,47)(H,49,50)/b13-11-,18-16-,19-17-. The van der Waals surface area contributed by atoms with E-state index in [0.29, 0.717) is 6.42 Å². The van der Waals surface area contributed by atoms with Crippen molar-refractivity contribution < 1.29 is 37.9 Å². The summed E-state index contributed by atoms with van der Waals surface area (Å²) >= 11 is 0. The third kappa shape index (κ3) is 41.4. The van der Waals surface area contributed by atoms with Crippen LogP contribution in [0.25, 0.3) is 0 Å². The Balaban J connectivity index is 3.60. The minimum absolute atomic E-state index is 0.0785. The minimum atomic E-state index is -4.42. The molecule has 0 saturated carbocycles. The zero-order valence-corrected chi connectivity index (χ0v) is 35.6. The Bertz CT molecular complexity index is 986. The van der Waals surface area contributed by atoms with Crippen LogP contribution >= 0.6 is 7.82 Å². The molecular formula is C44H82NO8P. The van der Waals surface area contributed by atoms with E-state index in [2.05, 4.69) is 55.6 Å². The molecule has 0 rings (SSSR count). The van der Waals surface area contributed by atoms with Crippen molar-refractivity contribution in [3.05, 3.63) is 36.5 Å². The summed E-state index contributed by atoms with van der Waals surface area (Å²) in [6.07, 6.45) is 45.0. The third-order valence-electron chi connectivity index (χ3n) is 9.29. The summed E-state index contributed by atoms with van der Waals surface area (Å²) in [7, 11) is -4.42. The molecule has 3 N–H and O–H groups in total. The van der Waals surface area contributed by atoms with E-state index in [-0.39, 0.29) is 32.1 Å². The monoisotopic (exact) mass is 784 g/mol. The van der Waals surface area contributed by atoms with Gasteiger partial charge in [0.05, 0.1) is 13.2 Å². The molecule has 0 aliphatic carbocycles. The lowest BCUT2D eigenvalue weighted by atomic mass is 10.1. The molecule has 0 aliphatic rings. The van der Waals surface area contributed by atoms with Gasteiger partial charge >= 0.3 is 13.8 Å². The van der Waals surface area contributed by atoms with Gasteiger partial charge in [-0.15, -0.1) is 0 Å². The number of rotatable bonds is 41. The maximum absolute atomic E-state index is 12.1. The van der Waals surface area contributed by atoms with Crippen molar-refractivity contribution in [2.24, 2.45) is 0 Å². The van der Waals surface area contributed by atoms with Crippen molar-refractivity contribution >= 4 is 19.7 Å². The van der Waals surface area contributed by atoms with Crippen molar-refractivity contribution in [2.45, 2.75) is 206 Å². The number of esters is 1. The Morgan fingerprint density at radius 1 is 0.574 bits per heavy atom. The molecule has 0 spiro atoms. The molecule has 0 fully saturated rings. The van der Waals surface area contributed by atoms with E-state index in [1.165, 1.54) is 109 Å². The van der Waals surface area contributed by atoms with Gasteiger partial charge in [0.2, 0.25) is 5.91 Å². The number of carbonyl (C=O) groups is 2. The first-order chi connectivity index (χ1) is 26.3. The first-order valence-electron chi connectivity index (χ1n) is 22.0. The lowest BCUT2D eigenvalue weighted by Crippen LogP contribution is -2.27. The molecule has 316 valence electrons. The molecule has 0 aromatic heterocycles. The van der Waals surface area contributed by atoms with Gasteiger partial charge in [-0.25, -0.2) is 4.57 Å². The number of aliphatic hydroxyl groups is 1. The fraction of sp³-hybridized carbons (Fsp3) is 0.818. The van der Waals surface area contributed by atoms with Crippen LogP contribution < -0.4 is 5.32 Å². The largest absolute Gasteiger partial charge is 0.472 e. The number of allylic oxidation sites excluding steroid dienone is 6. The normalized spacial score (nSPS) is 13.6. The Kier molecular flexibility index (Phi) is 39.5. The summed E-state index contributed by atoms with van der Waals surface area (Å²) in [4.78, 5) is 33.9. The van der Waals surface area contributed by atoms with Crippen LogP contribution in [0.2, 0.25) is 0 Å². The maximum atomic E-state index is 12.1. The molecule has 0 aliphatic heterocycles. The first-order valence-corrected chi connectivity index (χ1v) is 23.5. The van der Waals surface area contributed by atoms with Gasteiger partial charge in [0, 0.05) is 19.4 Å². The number of amides is 1. The summed E-state index contributed by atoms with van der Waals surface area (Å²) < 4.78 is 26.9. The van der Waals surface area contributed by atoms with Crippen LogP contribution in [-0.2, 0) is 27.9 Å². The van der Waals surface area contributed by atoms with Gasteiger partial charge < -0.3 is 20.1 Å². The molecule has 2 unspecified atom stereocenters. The van der Waals surface area contributed by atoms with Gasteiger partial charge in [-0.1, -0.05) is 153 Å². The zero-order valence-electron chi connectivity index (χ0n) is 34.7. The minimum Gasteiger partial charge on any atom is -0.463 e. The van der Waals surface area contributed by atoms with Crippen molar-refractivity contribution in [3.63, 3.8) is 0 Å². The molecule has 1 amide bonds. The zero-order chi connectivity index (χ0) is 39.6. The van der Waals surface area contributed by atoms with Gasteiger partial charge in [0.1, 0.15) is 12.7 Å². The van der Waals surface area contributed by atoms with Crippen LogP contribution in [0.1, 0.15) is 200 Å². The van der Waals surface area contributed by atoms with Gasteiger partial charge in [0.25, 0.3) is 0 Å². The molecule has 0 bridgehead atoms. The summed E-state index contributed by atoms with van der Waals surface area (Å²) in [5.74, 6) is -0.528. The summed E-state index contributed by atoms with van der Waals surface area (Å²) in [5.41, 5.74) is 0. The first kappa shape index (κ1) is 52.2. The second kappa shape index (κ2) is 40.9. The average molecular weight is 784 g/mol. The molecular weight excluding hydrogens is 701 g/mol. The second-order valence-electron chi connectivity index (χ2n) is 14.7. The molecule has 0 saturated heterocycles. The van der Waals surface area contributed by atoms with Crippen LogP contribution in [0.5, 0.6) is 0 Å². The number of aliphatic hydroxyl groups excluding tert-OH is 1. The highest BCUT2D eigenvalue weighted by atomic mass is 31.2. The lowest BCUT2D eigenvalue weighted by molar-refractivity contribution is -0.147. The number of unbranched alkanes of at least 4 members (excludes halogenated alkanes) is 22. The fourth-order valence-electron chi connectivity index (χ4n) is 5.93. The maximum Gasteiger partial charge on any atom is 0.472 e. The molecule has 2 atom stereocenters. The number of phosphoric acid groups is 1. The van der Waals surface area contributed by atoms with Crippen molar-refractivity contribution in [3.8, 4) is 0 Å². The van der Waals surface area contributed by atoms with E-state index in [1.54, 1.807) is 0 Å². The van der Waals surface area contributed by atoms with Crippen LogP contribution in [0.15, 0.2) is 36.5 Å².